The molecule has 33 heavy (non-hydrogen) atoms. The van der Waals surface area contributed by atoms with Gasteiger partial charge in [0.25, 0.3) is 0 Å². The molecule has 0 N–H and O–H groups in total. The van der Waals surface area contributed by atoms with Crippen LogP contribution < -0.4 is 0 Å². The molecule has 0 aliphatic heterocycles. The van der Waals surface area contributed by atoms with Crippen LogP contribution in [0.15, 0.2) is 95.2 Å². The van der Waals surface area contributed by atoms with Gasteiger partial charge >= 0.3 is 0 Å². The lowest BCUT2D eigenvalue weighted by Gasteiger charge is -2.02. The monoisotopic (exact) mass is 436 g/mol. The molecule has 0 saturated heterocycles. The van der Waals surface area contributed by atoms with Gasteiger partial charge in [-0.05, 0) is 48.5 Å². The van der Waals surface area contributed by atoms with Gasteiger partial charge in [-0.3, -0.25) is 20.0 Å². The molecule has 0 atom stereocenters. The van der Waals surface area contributed by atoms with Crippen molar-refractivity contribution in [2.45, 2.75) is 0 Å². The van der Waals surface area contributed by atoms with E-state index in [1.165, 1.54) is 0 Å². The van der Waals surface area contributed by atoms with Crippen molar-refractivity contribution >= 4 is 12.4 Å². The Morgan fingerprint density at radius 3 is 1.52 bits per heavy atom. The number of ether oxygens (including phenoxy) is 1. The highest BCUT2D eigenvalue weighted by atomic mass is 16.5. The van der Waals surface area contributed by atoms with Gasteiger partial charge in [-0.25, -0.2) is 9.97 Å². The number of nitrogens with zero attached hydrogens (tertiary/aromatic N) is 6. The van der Waals surface area contributed by atoms with Crippen molar-refractivity contribution in [3.63, 3.8) is 0 Å². The fraction of sp³-hybridized carbons (Fsp3) is 0.154. The first kappa shape index (κ1) is 22.1. The van der Waals surface area contributed by atoms with E-state index in [0.29, 0.717) is 26.3 Å². The van der Waals surface area contributed by atoms with Crippen molar-refractivity contribution in [3.05, 3.63) is 96.6 Å². The van der Waals surface area contributed by atoms with E-state index in [-0.39, 0.29) is 0 Å². The number of rotatable bonds is 10. The molecule has 4 rings (SSSR count). The van der Waals surface area contributed by atoms with E-state index in [1.807, 2.05) is 72.8 Å². The molecule has 164 valence electrons. The highest BCUT2D eigenvalue weighted by Gasteiger charge is 2.01. The Morgan fingerprint density at radius 2 is 1.06 bits per heavy atom. The lowest BCUT2D eigenvalue weighted by Crippen LogP contribution is -2.03. The lowest BCUT2D eigenvalue weighted by atomic mass is 10.2. The molecular weight excluding hydrogens is 412 g/mol. The van der Waals surface area contributed by atoms with Crippen molar-refractivity contribution in [1.82, 2.24) is 19.9 Å². The van der Waals surface area contributed by atoms with Crippen LogP contribution in [0.3, 0.4) is 0 Å². The minimum atomic E-state index is 0.527. The molecule has 7 nitrogen and oxygen atoms in total. The summed E-state index contributed by atoms with van der Waals surface area (Å²) in [6.07, 6.45) is 7.03. The second-order valence-corrected chi connectivity index (χ2v) is 7.01. The summed E-state index contributed by atoms with van der Waals surface area (Å²) >= 11 is 0. The summed E-state index contributed by atoms with van der Waals surface area (Å²) in [6, 6.07) is 23.2. The van der Waals surface area contributed by atoms with E-state index in [2.05, 4.69) is 29.9 Å². The van der Waals surface area contributed by atoms with Crippen LogP contribution >= 0.6 is 0 Å². The lowest BCUT2D eigenvalue weighted by molar-refractivity contribution is 0.150. The summed E-state index contributed by atoms with van der Waals surface area (Å²) in [4.78, 5) is 26.6. The van der Waals surface area contributed by atoms with Crippen molar-refractivity contribution in [3.8, 4) is 22.8 Å². The number of hydrogen-bond acceptors (Lipinski definition) is 7. The Balaban J connectivity index is 1.17. The standard InChI is InChI=1S/C26H24N6O/c1-3-13-29-23(9-1)25-11-5-7-21(31-25)19-27-15-17-33-18-16-28-20-22-8-6-12-26(32-22)24-10-2-4-14-30-24/h1-14,19-20H,15-18H2. The molecule has 0 aliphatic carbocycles. The SMILES string of the molecule is C(=NCCOCCN=Cc1cccc(-c2ccccn2)n1)c1cccc(-c2ccccn2)n1. The van der Waals surface area contributed by atoms with Gasteiger partial charge in [-0.1, -0.05) is 24.3 Å². The second kappa shape index (κ2) is 12.1. The zero-order valence-electron chi connectivity index (χ0n) is 18.2. The van der Waals surface area contributed by atoms with Gasteiger partial charge in [-0.15, -0.1) is 0 Å². The van der Waals surface area contributed by atoms with Gasteiger partial charge in [0.05, 0.1) is 60.5 Å². The molecule has 7 heteroatoms. The van der Waals surface area contributed by atoms with Crippen LogP contribution in [0.2, 0.25) is 0 Å². The van der Waals surface area contributed by atoms with Crippen molar-refractivity contribution in [2.75, 3.05) is 26.3 Å². The molecule has 0 unspecified atom stereocenters. The molecule has 0 radical (unpaired) electrons. The third-order valence-corrected chi connectivity index (χ3v) is 4.57. The van der Waals surface area contributed by atoms with E-state index in [0.717, 1.165) is 34.2 Å². The molecule has 0 aliphatic rings. The van der Waals surface area contributed by atoms with Crippen molar-refractivity contribution < 1.29 is 4.74 Å². The third kappa shape index (κ3) is 6.95. The average molecular weight is 437 g/mol. The van der Waals surface area contributed by atoms with E-state index < -0.39 is 0 Å². The van der Waals surface area contributed by atoms with Crippen LogP contribution in [0.1, 0.15) is 11.4 Å². The quantitative estimate of drug-likeness (QED) is 0.275. The maximum Gasteiger partial charge on any atom is 0.0894 e. The summed E-state index contributed by atoms with van der Waals surface area (Å²) in [5.74, 6) is 0. The number of aliphatic imine (C=N–C) groups is 2. The summed E-state index contributed by atoms with van der Waals surface area (Å²) in [6.45, 7) is 2.18. The summed E-state index contributed by atoms with van der Waals surface area (Å²) in [7, 11) is 0. The van der Waals surface area contributed by atoms with Crippen molar-refractivity contribution in [2.24, 2.45) is 9.98 Å². The van der Waals surface area contributed by atoms with Gasteiger partial charge in [0.1, 0.15) is 0 Å². The maximum atomic E-state index is 5.61. The predicted octanol–water partition coefficient (Wildman–Crippen LogP) is 4.16. The minimum absolute atomic E-state index is 0.527. The molecule has 4 heterocycles. The Kier molecular flexibility index (Phi) is 8.08. The zero-order chi connectivity index (χ0) is 22.6. The largest absolute Gasteiger partial charge is 0.378 e. The van der Waals surface area contributed by atoms with Crippen molar-refractivity contribution in [1.29, 1.82) is 0 Å². The first-order chi connectivity index (χ1) is 16.4. The molecule has 0 spiro atoms. The van der Waals surface area contributed by atoms with E-state index >= 15 is 0 Å². The van der Waals surface area contributed by atoms with Gasteiger partial charge in [0.2, 0.25) is 0 Å². The summed E-state index contributed by atoms with van der Waals surface area (Å²) in [5.41, 5.74) is 4.93. The highest BCUT2D eigenvalue weighted by Crippen LogP contribution is 2.14. The summed E-state index contributed by atoms with van der Waals surface area (Å²) in [5, 5.41) is 0. The van der Waals surface area contributed by atoms with Gasteiger partial charge in [0.15, 0.2) is 0 Å². The Labute approximate surface area is 193 Å². The zero-order valence-corrected chi connectivity index (χ0v) is 18.2. The summed E-state index contributed by atoms with van der Waals surface area (Å²) < 4.78 is 5.61. The Hall–Kier alpha value is -4.10. The highest BCUT2D eigenvalue weighted by molar-refractivity contribution is 5.78. The molecule has 0 bridgehead atoms. The number of pyridine rings is 4. The number of hydrogen-bond donors (Lipinski definition) is 0. The second-order valence-electron chi connectivity index (χ2n) is 7.01. The van der Waals surface area contributed by atoms with Crippen LogP contribution in [0.5, 0.6) is 0 Å². The first-order valence-electron chi connectivity index (χ1n) is 10.7. The van der Waals surface area contributed by atoms with Crippen LogP contribution in [0.25, 0.3) is 22.8 Å². The fourth-order valence-corrected chi connectivity index (χ4v) is 3.01. The van der Waals surface area contributed by atoms with Crippen LogP contribution in [-0.4, -0.2) is 58.7 Å². The topological polar surface area (TPSA) is 85.5 Å². The third-order valence-electron chi connectivity index (χ3n) is 4.57. The Bertz CT molecular complexity index is 1100. The van der Waals surface area contributed by atoms with E-state index in [9.17, 15) is 0 Å². The van der Waals surface area contributed by atoms with Crippen LogP contribution in [0, 0.1) is 0 Å². The molecular formula is C26H24N6O. The van der Waals surface area contributed by atoms with Crippen LogP contribution in [-0.2, 0) is 4.74 Å². The molecule has 4 aromatic rings. The van der Waals surface area contributed by atoms with Crippen LogP contribution in [0.4, 0.5) is 0 Å². The van der Waals surface area contributed by atoms with E-state index in [1.54, 1.807) is 24.8 Å². The first-order valence-corrected chi connectivity index (χ1v) is 10.7. The minimum Gasteiger partial charge on any atom is -0.378 e. The average Bonchev–Trinajstić information content (AvgIpc) is 2.89. The van der Waals surface area contributed by atoms with Gasteiger partial charge in [0, 0.05) is 24.8 Å². The molecule has 0 amide bonds. The molecule has 0 saturated carbocycles. The smallest absolute Gasteiger partial charge is 0.0894 e. The maximum absolute atomic E-state index is 5.61. The normalized spacial score (nSPS) is 11.4. The van der Waals surface area contributed by atoms with Gasteiger partial charge < -0.3 is 4.74 Å². The van der Waals surface area contributed by atoms with E-state index in [4.69, 9.17) is 4.74 Å². The number of aromatic nitrogens is 4. The Morgan fingerprint density at radius 1 is 0.576 bits per heavy atom. The predicted molar refractivity (Wildman–Crippen MR) is 131 cm³/mol. The molecule has 4 aromatic heterocycles. The van der Waals surface area contributed by atoms with Gasteiger partial charge in [-0.2, -0.15) is 0 Å². The molecule has 0 fully saturated rings. The fourth-order valence-electron chi connectivity index (χ4n) is 3.01. The molecule has 0 aromatic carbocycles.